The second kappa shape index (κ2) is 8.42. The lowest BCUT2D eigenvalue weighted by Gasteiger charge is -2.25. The molecule has 0 aliphatic heterocycles. The number of methoxy groups -OCH3 is 2. The fraction of sp³-hybridized carbons (Fsp3) is 0.588. The molecule has 1 amide bonds. The fourth-order valence-corrected chi connectivity index (χ4v) is 3.95. The van der Waals surface area contributed by atoms with Crippen LogP contribution in [0.1, 0.15) is 32.1 Å². The molecule has 1 saturated carbocycles. The van der Waals surface area contributed by atoms with Crippen LogP contribution in [0, 0.1) is 0 Å². The summed E-state index contributed by atoms with van der Waals surface area (Å²) in [5, 5.41) is 2.97. The average Bonchev–Trinajstić information content (AvgIpc) is 3.06. The van der Waals surface area contributed by atoms with Crippen molar-refractivity contribution in [3.8, 4) is 11.5 Å². The molecule has 1 aromatic carbocycles. The summed E-state index contributed by atoms with van der Waals surface area (Å²) in [6.07, 6.45) is 5.43. The summed E-state index contributed by atoms with van der Waals surface area (Å²) in [5.74, 6) is 0.782. The van der Waals surface area contributed by atoms with Crippen LogP contribution in [0.4, 0.5) is 5.69 Å². The first-order valence-electron chi connectivity index (χ1n) is 8.34. The SMILES string of the molecule is COc1ccc(OC)c(N(CCC(=O)NC2CCCC2)S(C)(=O)=O)c1. The van der Waals surface area contributed by atoms with E-state index in [1.807, 2.05) is 0 Å². The smallest absolute Gasteiger partial charge is 0.232 e. The summed E-state index contributed by atoms with van der Waals surface area (Å²) >= 11 is 0. The molecule has 8 heteroatoms. The topological polar surface area (TPSA) is 84.9 Å². The lowest BCUT2D eigenvalue weighted by Crippen LogP contribution is -2.37. The van der Waals surface area contributed by atoms with Gasteiger partial charge in [0.05, 0.1) is 26.2 Å². The van der Waals surface area contributed by atoms with Crippen LogP contribution < -0.4 is 19.1 Å². The number of ether oxygens (including phenoxy) is 2. The van der Waals surface area contributed by atoms with Crippen LogP contribution in [0.15, 0.2) is 18.2 Å². The van der Waals surface area contributed by atoms with Crippen LogP contribution in [-0.2, 0) is 14.8 Å². The van der Waals surface area contributed by atoms with Gasteiger partial charge in [0.2, 0.25) is 15.9 Å². The molecule has 1 aromatic rings. The number of sulfonamides is 1. The summed E-state index contributed by atoms with van der Waals surface area (Å²) in [6.45, 7) is 0.0426. The zero-order valence-electron chi connectivity index (χ0n) is 14.9. The average molecular weight is 370 g/mol. The third kappa shape index (κ3) is 5.26. The number of nitrogens with zero attached hydrogens (tertiary/aromatic N) is 1. The third-order valence-electron chi connectivity index (χ3n) is 4.32. The van der Waals surface area contributed by atoms with Crippen molar-refractivity contribution in [2.24, 2.45) is 0 Å². The monoisotopic (exact) mass is 370 g/mol. The molecule has 25 heavy (non-hydrogen) atoms. The van der Waals surface area contributed by atoms with Gasteiger partial charge in [0, 0.05) is 25.1 Å². The lowest BCUT2D eigenvalue weighted by molar-refractivity contribution is -0.121. The Balaban J connectivity index is 2.15. The quantitative estimate of drug-likeness (QED) is 0.756. The summed E-state index contributed by atoms with van der Waals surface area (Å²) < 4.78 is 36.1. The molecule has 1 N–H and O–H groups in total. The van der Waals surface area contributed by atoms with E-state index < -0.39 is 10.0 Å². The number of hydrogen-bond acceptors (Lipinski definition) is 5. The van der Waals surface area contributed by atoms with Crippen molar-refractivity contribution < 1.29 is 22.7 Å². The number of rotatable bonds is 8. The summed E-state index contributed by atoms with van der Waals surface area (Å²) in [4.78, 5) is 12.2. The Morgan fingerprint density at radius 3 is 2.48 bits per heavy atom. The first kappa shape index (κ1) is 19.4. The summed E-state index contributed by atoms with van der Waals surface area (Å²) in [6, 6.07) is 5.14. The van der Waals surface area contributed by atoms with Crippen molar-refractivity contribution in [1.29, 1.82) is 0 Å². The summed E-state index contributed by atoms with van der Waals surface area (Å²) in [7, 11) is -0.604. The van der Waals surface area contributed by atoms with Crippen molar-refractivity contribution in [3.05, 3.63) is 18.2 Å². The molecule has 0 bridgehead atoms. The van der Waals surface area contributed by atoms with Gasteiger partial charge in [-0.2, -0.15) is 0 Å². The Morgan fingerprint density at radius 1 is 1.24 bits per heavy atom. The predicted octanol–water partition coefficient (Wildman–Crippen LogP) is 1.92. The van der Waals surface area contributed by atoms with E-state index in [9.17, 15) is 13.2 Å². The Morgan fingerprint density at radius 2 is 1.92 bits per heavy atom. The van der Waals surface area contributed by atoms with Gasteiger partial charge in [0.25, 0.3) is 0 Å². The third-order valence-corrected chi connectivity index (χ3v) is 5.50. The molecule has 0 aromatic heterocycles. The van der Waals surface area contributed by atoms with Crippen LogP contribution >= 0.6 is 0 Å². The highest BCUT2D eigenvalue weighted by Gasteiger charge is 2.24. The van der Waals surface area contributed by atoms with Crippen LogP contribution in [0.25, 0.3) is 0 Å². The highest BCUT2D eigenvalue weighted by Crippen LogP contribution is 2.33. The number of nitrogens with one attached hydrogen (secondary N) is 1. The van der Waals surface area contributed by atoms with E-state index >= 15 is 0 Å². The maximum Gasteiger partial charge on any atom is 0.232 e. The molecule has 0 spiro atoms. The molecule has 2 rings (SSSR count). The predicted molar refractivity (Wildman–Crippen MR) is 96.8 cm³/mol. The second-order valence-electron chi connectivity index (χ2n) is 6.17. The van der Waals surface area contributed by atoms with Crippen LogP contribution in [0.2, 0.25) is 0 Å². The van der Waals surface area contributed by atoms with E-state index in [0.29, 0.717) is 17.2 Å². The van der Waals surface area contributed by atoms with Crippen molar-refractivity contribution in [1.82, 2.24) is 5.32 Å². The highest BCUT2D eigenvalue weighted by atomic mass is 32.2. The van der Waals surface area contributed by atoms with E-state index in [4.69, 9.17) is 9.47 Å². The molecule has 0 unspecified atom stereocenters. The maximum absolute atomic E-state index is 12.3. The number of carbonyl (C=O) groups excluding carboxylic acids is 1. The Labute approximate surface area is 149 Å². The normalized spacial score (nSPS) is 15.0. The fourth-order valence-electron chi connectivity index (χ4n) is 3.03. The van der Waals surface area contributed by atoms with Crippen molar-refractivity contribution >= 4 is 21.6 Å². The molecule has 1 aliphatic rings. The van der Waals surface area contributed by atoms with Gasteiger partial charge in [-0.25, -0.2) is 8.42 Å². The van der Waals surface area contributed by atoms with E-state index in [1.165, 1.54) is 18.5 Å². The summed E-state index contributed by atoms with van der Waals surface area (Å²) in [5.41, 5.74) is 0.359. The highest BCUT2D eigenvalue weighted by molar-refractivity contribution is 7.92. The molecule has 1 aliphatic carbocycles. The largest absolute Gasteiger partial charge is 0.497 e. The number of anilines is 1. The van der Waals surface area contributed by atoms with Gasteiger partial charge in [-0.1, -0.05) is 12.8 Å². The number of carbonyl (C=O) groups is 1. The first-order valence-corrected chi connectivity index (χ1v) is 10.2. The molecule has 7 nitrogen and oxygen atoms in total. The number of hydrogen-bond donors (Lipinski definition) is 1. The number of amides is 1. The van der Waals surface area contributed by atoms with E-state index in [1.54, 1.807) is 18.2 Å². The first-order chi connectivity index (χ1) is 11.8. The van der Waals surface area contributed by atoms with E-state index in [2.05, 4.69) is 5.32 Å². The number of benzene rings is 1. The van der Waals surface area contributed by atoms with Gasteiger partial charge >= 0.3 is 0 Å². The van der Waals surface area contributed by atoms with Gasteiger partial charge in [0.15, 0.2) is 0 Å². The van der Waals surface area contributed by atoms with Crippen LogP contribution in [-0.4, -0.2) is 47.4 Å². The second-order valence-corrected chi connectivity index (χ2v) is 8.08. The zero-order valence-corrected chi connectivity index (χ0v) is 15.8. The van der Waals surface area contributed by atoms with Crippen molar-refractivity contribution in [2.75, 3.05) is 31.3 Å². The molecule has 1 fully saturated rings. The maximum atomic E-state index is 12.3. The van der Waals surface area contributed by atoms with Crippen molar-refractivity contribution in [3.63, 3.8) is 0 Å². The van der Waals surface area contributed by atoms with Crippen LogP contribution in [0.5, 0.6) is 11.5 Å². The lowest BCUT2D eigenvalue weighted by atomic mass is 10.2. The minimum absolute atomic E-state index is 0.0426. The van der Waals surface area contributed by atoms with Crippen LogP contribution in [0.3, 0.4) is 0 Å². The van der Waals surface area contributed by atoms with Gasteiger partial charge in [-0.05, 0) is 25.0 Å². The zero-order chi connectivity index (χ0) is 18.4. The molecule has 140 valence electrons. The van der Waals surface area contributed by atoms with E-state index in [-0.39, 0.29) is 24.9 Å². The molecule has 0 saturated heterocycles. The van der Waals surface area contributed by atoms with Gasteiger partial charge in [0.1, 0.15) is 11.5 Å². The standard InChI is InChI=1S/C17H26N2O5S/c1-23-14-8-9-16(24-2)15(12-14)19(25(3,21)22)11-10-17(20)18-13-6-4-5-7-13/h8-9,12-13H,4-7,10-11H2,1-3H3,(H,18,20). The molecule has 0 atom stereocenters. The Kier molecular flexibility index (Phi) is 6.52. The molecular formula is C17H26N2O5S. The van der Waals surface area contributed by atoms with Gasteiger partial charge in [-0.3, -0.25) is 9.10 Å². The molecular weight excluding hydrogens is 344 g/mol. The molecule has 0 heterocycles. The molecule has 0 radical (unpaired) electrons. The minimum Gasteiger partial charge on any atom is -0.497 e. The Bertz CT molecular complexity index is 699. The minimum atomic E-state index is -3.58. The van der Waals surface area contributed by atoms with E-state index in [0.717, 1.165) is 31.9 Å². The Hall–Kier alpha value is -1.96. The van der Waals surface area contributed by atoms with Gasteiger partial charge < -0.3 is 14.8 Å². The van der Waals surface area contributed by atoms with Crippen molar-refractivity contribution in [2.45, 2.75) is 38.1 Å². The van der Waals surface area contributed by atoms with Gasteiger partial charge in [-0.15, -0.1) is 0 Å².